The summed E-state index contributed by atoms with van der Waals surface area (Å²) in [5.41, 5.74) is 1.75. The molecule has 0 atom stereocenters. The molecule has 0 radical (unpaired) electrons. The number of anilines is 1. The number of rotatable bonds is 6. The molecule has 0 saturated carbocycles. The molecule has 6 heteroatoms. The molecule has 34 heavy (non-hydrogen) atoms. The first-order chi connectivity index (χ1) is 16.5. The Bertz CT molecular complexity index is 1380. The van der Waals surface area contributed by atoms with Crippen LogP contribution in [0.5, 0.6) is 5.75 Å². The average molecular weight is 450 g/mol. The van der Waals surface area contributed by atoms with E-state index in [0.717, 1.165) is 10.8 Å². The molecular weight excluding hydrogens is 428 g/mol. The van der Waals surface area contributed by atoms with Crippen LogP contribution in [0.2, 0.25) is 0 Å². The standard InChI is InChI=1S/C28H22N2O4/c1-19(31)34-25-15-11-20(12-16-25)17-26(30-27(32)22-8-3-2-4-9-22)28(33)29-24-14-13-21-7-5-6-10-23(21)18-24/h2-18H,1H3,(H,29,33)(H,30,32). The molecule has 2 N–H and O–H groups in total. The topological polar surface area (TPSA) is 84.5 Å². The van der Waals surface area contributed by atoms with Crippen molar-refractivity contribution in [3.8, 4) is 5.75 Å². The lowest BCUT2D eigenvalue weighted by Crippen LogP contribution is -2.30. The predicted octanol–water partition coefficient (Wildman–Crippen LogP) is 5.17. The Balaban J connectivity index is 1.61. The lowest BCUT2D eigenvalue weighted by Gasteiger charge is -2.12. The third kappa shape index (κ3) is 5.75. The second-order valence-electron chi connectivity index (χ2n) is 7.56. The third-order valence-electron chi connectivity index (χ3n) is 4.99. The van der Waals surface area contributed by atoms with Gasteiger partial charge >= 0.3 is 5.97 Å². The summed E-state index contributed by atoms with van der Waals surface area (Å²) in [7, 11) is 0. The van der Waals surface area contributed by atoms with Gasteiger partial charge in [-0.15, -0.1) is 0 Å². The van der Waals surface area contributed by atoms with E-state index < -0.39 is 17.8 Å². The van der Waals surface area contributed by atoms with Crippen LogP contribution < -0.4 is 15.4 Å². The number of ether oxygens (including phenoxy) is 1. The maximum Gasteiger partial charge on any atom is 0.308 e. The molecule has 2 amide bonds. The van der Waals surface area contributed by atoms with Crippen LogP contribution in [0, 0.1) is 0 Å². The minimum atomic E-state index is -0.469. The smallest absolute Gasteiger partial charge is 0.308 e. The van der Waals surface area contributed by atoms with Crippen molar-refractivity contribution in [2.75, 3.05) is 5.32 Å². The van der Waals surface area contributed by atoms with Gasteiger partial charge in [0, 0.05) is 18.2 Å². The number of carbonyl (C=O) groups excluding carboxylic acids is 3. The molecule has 168 valence electrons. The SMILES string of the molecule is CC(=O)Oc1ccc(C=C(NC(=O)c2ccccc2)C(=O)Nc2ccc3ccccc3c2)cc1. The van der Waals surface area contributed by atoms with Crippen molar-refractivity contribution in [3.05, 3.63) is 114 Å². The highest BCUT2D eigenvalue weighted by atomic mass is 16.5. The van der Waals surface area contributed by atoms with Gasteiger partial charge < -0.3 is 15.4 Å². The molecule has 4 aromatic carbocycles. The highest BCUT2D eigenvalue weighted by Gasteiger charge is 2.15. The van der Waals surface area contributed by atoms with Gasteiger partial charge in [0.05, 0.1) is 0 Å². The van der Waals surface area contributed by atoms with Crippen molar-refractivity contribution < 1.29 is 19.1 Å². The Kier molecular flexibility index (Phi) is 6.79. The van der Waals surface area contributed by atoms with E-state index in [1.165, 1.54) is 6.92 Å². The van der Waals surface area contributed by atoms with Crippen molar-refractivity contribution >= 4 is 40.3 Å². The van der Waals surface area contributed by atoms with E-state index in [1.807, 2.05) is 48.5 Å². The maximum atomic E-state index is 13.2. The highest BCUT2D eigenvalue weighted by Crippen LogP contribution is 2.20. The molecule has 0 aliphatic carbocycles. The van der Waals surface area contributed by atoms with Gasteiger partial charge in [-0.25, -0.2) is 0 Å². The molecule has 0 unspecified atom stereocenters. The summed E-state index contributed by atoms with van der Waals surface area (Å²) in [6.45, 7) is 1.32. The number of fused-ring (bicyclic) bond motifs is 1. The van der Waals surface area contributed by atoms with Crippen LogP contribution in [0.4, 0.5) is 5.69 Å². The Morgan fingerprint density at radius 2 is 1.44 bits per heavy atom. The van der Waals surface area contributed by atoms with Gasteiger partial charge in [-0.1, -0.05) is 60.7 Å². The van der Waals surface area contributed by atoms with E-state index in [1.54, 1.807) is 54.6 Å². The summed E-state index contributed by atoms with van der Waals surface area (Å²) < 4.78 is 5.05. The first-order valence-electron chi connectivity index (χ1n) is 10.6. The van der Waals surface area contributed by atoms with E-state index in [9.17, 15) is 14.4 Å². The van der Waals surface area contributed by atoms with Crippen LogP contribution in [0.15, 0.2) is 103 Å². The molecule has 6 nitrogen and oxygen atoms in total. The molecule has 4 rings (SSSR count). The summed E-state index contributed by atoms with van der Waals surface area (Å²) in [6.07, 6.45) is 1.56. The molecule has 0 fully saturated rings. The summed E-state index contributed by atoms with van der Waals surface area (Å²) in [5, 5.41) is 7.61. The van der Waals surface area contributed by atoms with E-state index in [0.29, 0.717) is 22.6 Å². The van der Waals surface area contributed by atoms with Crippen LogP contribution in [0.3, 0.4) is 0 Å². The molecular formula is C28H22N2O4. The zero-order valence-electron chi connectivity index (χ0n) is 18.4. The quantitative estimate of drug-likeness (QED) is 0.241. The lowest BCUT2D eigenvalue weighted by atomic mass is 10.1. The fourth-order valence-corrected chi connectivity index (χ4v) is 3.37. The number of hydrogen-bond acceptors (Lipinski definition) is 4. The fourth-order valence-electron chi connectivity index (χ4n) is 3.37. The van der Waals surface area contributed by atoms with Gasteiger partial charge in [-0.05, 0) is 58.8 Å². The van der Waals surface area contributed by atoms with E-state index in [-0.39, 0.29) is 5.70 Å². The van der Waals surface area contributed by atoms with Crippen molar-refractivity contribution in [2.24, 2.45) is 0 Å². The van der Waals surface area contributed by atoms with Crippen LogP contribution >= 0.6 is 0 Å². The van der Waals surface area contributed by atoms with Gasteiger partial charge in [0.25, 0.3) is 11.8 Å². The van der Waals surface area contributed by atoms with Crippen LogP contribution in [-0.2, 0) is 9.59 Å². The van der Waals surface area contributed by atoms with Crippen LogP contribution in [0.1, 0.15) is 22.8 Å². The van der Waals surface area contributed by atoms with Crippen molar-refractivity contribution in [1.82, 2.24) is 5.32 Å². The molecule has 0 aromatic heterocycles. The number of nitrogens with one attached hydrogen (secondary N) is 2. The second kappa shape index (κ2) is 10.3. The number of amides is 2. The molecule has 0 bridgehead atoms. The summed E-state index contributed by atoms with van der Waals surface area (Å²) in [6, 6.07) is 28.7. The lowest BCUT2D eigenvalue weighted by molar-refractivity contribution is -0.131. The first kappa shape index (κ1) is 22.5. The molecule has 0 spiro atoms. The van der Waals surface area contributed by atoms with Crippen molar-refractivity contribution in [3.63, 3.8) is 0 Å². The minimum absolute atomic E-state index is 0.0715. The predicted molar refractivity (Wildman–Crippen MR) is 132 cm³/mol. The number of carbonyl (C=O) groups is 3. The summed E-state index contributed by atoms with van der Waals surface area (Å²) in [4.78, 5) is 37.1. The van der Waals surface area contributed by atoms with Crippen LogP contribution in [0.25, 0.3) is 16.8 Å². The van der Waals surface area contributed by atoms with Gasteiger partial charge in [0.1, 0.15) is 11.4 Å². The molecule has 0 heterocycles. The average Bonchev–Trinajstić information content (AvgIpc) is 2.85. The van der Waals surface area contributed by atoms with Gasteiger partial charge in [0.15, 0.2) is 0 Å². The molecule has 0 saturated heterocycles. The Morgan fingerprint density at radius 3 is 2.15 bits per heavy atom. The molecule has 0 aliphatic rings. The Morgan fingerprint density at radius 1 is 0.765 bits per heavy atom. The molecule has 0 aliphatic heterocycles. The van der Waals surface area contributed by atoms with Crippen molar-refractivity contribution in [1.29, 1.82) is 0 Å². The highest BCUT2D eigenvalue weighted by molar-refractivity contribution is 6.11. The number of benzene rings is 4. The van der Waals surface area contributed by atoms with Gasteiger partial charge in [-0.3, -0.25) is 14.4 Å². The van der Waals surface area contributed by atoms with Gasteiger partial charge in [-0.2, -0.15) is 0 Å². The van der Waals surface area contributed by atoms with E-state index in [4.69, 9.17) is 4.74 Å². The minimum Gasteiger partial charge on any atom is -0.427 e. The molecule has 4 aromatic rings. The third-order valence-corrected chi connectivity index (χ3v) is 4.99. The van der Waals surface area contributed by atoms with E-state index in [2.05, 4.69) is 10.6 Å². The number of esters is 1. The van der Waals surface area contributed by atoms with Gasteiger partial charge in [0.2, 0.25) is 0 Å². The van der Waals surface area contributed by atoms with Crippen LogP contribution in [-0.4, -0.2) is 17.8 Å². The maximum absolute atomic E-state index is 13.2. The zero-order chi connectivity index (χ0) is 23.9. The largest absolute Gasteiger partial charge is 0.427 e. The monoisotopic (exact) mass is 450 g/mol. The zero-order valence-corrected chi connectivity index (χ0v) is 18.4. The first-order valence-corrected chi connectivity index (χ1v) is 10.6. The van der Waals surface area contributed by atoms with Crippen molar-refractivity contribution in [2.45, 2.75) is 6.92 Å². The normalized spacial score (nSPS) is 11.0. The Labute approximate surface area is 196 Å². The fraction of sp³-hybridized carbons (Fsp3) is 0.0357. The second-order valence-corrected chi connectivity index (χ2v) is 7.56. The summed E-state index contributed by atoms with van der Waals surface area (Å²) in [5.74, 6) is -0.908. The number of hydrogen-bond donors (Lipinski definition) is 2. The Hall–Kier alpha value is -4.71. The summed E-state index contributed by atoms with van der Waals surface area (Å²) >= 11 is 0. The van der Waals surface area contributed by atoms with E-state index >= 15 is 0 Å².